The number of ether oxygens (including phenoxy) is 1. The van der Waals surface area contributed by atoms with Crippen LogP contribution in [0.4, 0.5) is 0 Å². The van der Waals surface area contributed by atoms with Gasteiger partial charge in [0.05, 0.1) is 10.5 Å². The lowest BCUT2D eigenvalue weighted by molar-refractivity contribution is -0.132. The number of hydrogen-bond donors (Lipinski definition) is 1. The molecule has 0 atom stereocenters. The fourth-order valence-corrected chi connectivity index (χ4v) is 1.80. The molecular formula is C8H6O3S. The lowest BCUT2D eigenvalue weighted by Gasteiger charge is -2.11. The van der Waals surface area contributed by atoms with Gasteiger partial charge in [-0.3, -0.25) is 0 Å². The Bertz CT molecular complexity index is 351. The summed E-state index contributed by atoms with van der Waals surface area (Å²) in [7, 11) is 0. The van der Waals surface area contributed by atoms with E-state index in [2.05, 4.69) is 0 Å². The Kier molecular flexibility index (Phi) is 1.62. The van der Waals surface area contributed by atoms with E-state index in [9.17, 15) is 4.79 Å². The third kappa shape index (κ3) is 1.10. The highest BCUT2D eigenvalue weighted by Gasteiger charge is 2.16. The van der Waals surface area contributed by atoms with Crippen molar-refractivity contribution in [1.29, 1.82) is 0 Å². The van der Waals surface area contributed by atoms with Crippen molar-refractivity contribution in [2.45, 2.75) is 0 Å². The van der Waals surface area contributed by atoms with Gasteiger partial charge in [0.2, 0.25) is 0 Å². The van der Waals surface area contributed by atoms with Gasteiger partial charge in [-0.05, 0) is 17.5 Å². The molecule has 0 spiro atoms. The van der Waals surface area contributed by atoms with Crippen LogP contribution in [0.1, 0.15) is 4.88 Å². The zero-order valence-electron chi connectivity index (χ0n) is 6.11. The Hall–Kier alpha value is -1.29. The van der Waals surface area contributed by atoms with Crippen LogP contribution in [-0.4, -0.2) is 17.7 Å². The van der Waals surface area contributed by atoms with Crippen LogP contribution in [0.15, 0.2) is 17.0 Å². The summed E-state index contributed by atoms with van der Waals surface area (Å²) in [5.74, 6) is -0.126. The summed E-state index contributed by atoms with van der Waals surface area (Å²) in [4.78, 5) is 11.4. The molecule has 0 unspecified atom stereocenters. The van der Waals surface area contributed by atoms with E-state index in [4.69, 9.17) is 9.84 Å². The van der Waals surface area contributed by atoms with E-state index < -0.39 is 5.97 Å². The maximum absolute atomic E-state index is 10.5. The van der Waals surface area contributed by atoms with Crippen LogP contribution >= 0.6 is 11.3 Å². The van der Waals surface area contributed by atoms with E-state index in [1.807, 2.05) is 11.4 Å². The van der Waals surface area contributed by atoms with E-state index in [1.54, 1.807) is 6.08 Å². The number of aliphatic carboxylic acids is 1. The summed E-state index contributed by atoms with van der Waals surface area (Å²) in [6.07, 6.45) is 1.66. The first-order valence-corrected chi connectivity index (χ1v) is 4.29. The first-order valence-electron chi connectivity index (χ1n) is 3.41. The van der Waals surface area contributed by atoms with Crippen molar-refractivity contribution in [2.75, 3.05) is 6.61 Å². The molecule has 0 aliphatic carbocycles. The van der Waals surface area contributed by atoms with Crippen LogP contribution < -0.4 is 4.74 Å². The molecule has 62 valence electrons. The molecule has 4 heteroatoms. The van der Waals surface area contributed by atoms with Gasteiger partial charge in [0, 0.05) is 0 Å². The fraction of sp³-hybridized carbons (Fsp3) is 0.125. The third-order valence-corrected chi connectivity index (χ3v) is 2.47. The number of hydrogen-bond acceptors (Lipinski definition) is 3. The Labute approximate surface area is 72.9 Å². The highest BCUT2D eigenvalue weighted by Crippen LogP contribution is 2.30. The normalized spacial score (nSPS) is 14.5. The van der Waals surface area contributed by atoms with Gasteiger partial charge in [0.25, 0.3) is 0 Å². The van der Waals surface area contributed by atoms with E-state index >= 15 is 0 Å². The number of rotatable bonds is 1. The van der Waals surface area contributed by atoms with E-state index in [-0.39, 0.29) is 6.61 Å². The minimum absolute atomic E-state index is 0.166. The lowest BCUT2D eigenvalue weighted by atomic mass is 10.2. The second kappa shape index (κ2) is 2.64. The van der Waals surface area contributed by atoms with Crippen molar-refractivity contribution >= 4 is 23.4 Å². The minimum atomic E-state index is -0.908. The lowest BCUT2D eigenvalue weighted by Crippen LogP contribution is -2.12. The first-order chi connectivity index (χ1) is 5.77. The summed E-state index contributed by atoms with van der Waals surface area (Å²) in [5, 5.41) is 10.5. The average Bonchev–Trinajstić information content (AvgIpc) is 2.49. The molecule has 0 amide bonds. The molecule has 12 heavy (non-hydrogen) atoms. The molecular weight excluding hydrogens is 176 g/mol. The monoisotopic (exact) mass is 182 g/mol. The van der Waals surface area contributed by atoms with Gasteiger partial charge in [-0.25, -0.2) is 4.79 Å². The minimum Gasteiger partial charge on any atom is -0.487 e. The molecule has 2 rings (SSSR count). The molecule has 3 nitrogen and oxygen atoms in total. The summed E-state index contributed by atoms with van der Waals surface area (Å²) < 4.78 is 5.20. The molecule has 1 N–H and O–H groups in total. The molecule has 1 aromatic heterocycles. The Morgan fingerprint density at radius 3 is 3.25 bits per heavy atom. The Balaban J connectivity index is 2.41. The van der Waals surface area contributed by atoms with Crippen LogP contribution in [0.3, 0.4) is 0 Å². The number of fused-ring (bicyclic) bond motifs is 1. The largest absolute Gasteiger partial charge is 0.487 e. The average molecular weight is 182 g/mol. The Morgan fingerprint density at radius 1 is 1.67 bits per heavy atom. The van der Waals surface area contributed by atoms with Crippen LogP contribution in [-0.2, 0) is 4.79 Å². The highest BCUT2D eigenvalue weighted by atomic mass is 32.1. The van der Waals surface area contributed by atoms with E-state index in [0.717, 1.165) is 10.6 Å². The summed E-state index contributed by atoms with van der Waals surface area (Å²) in [6, 6.07) is 1.84. The topological polar surface area (TPSA) is 46.5 Å². The zero-order chi connectivity index (χ0) is 8.55. The van der Waals surface area contributed by atoms with Crippen LogP contribution in [0.2, 0.25) is 0 Å². The second-order valence-electron chi connectivity index (χ2n) is 2.41. The van der Waals surface area contributed by atoms with Gasteiger partial charge in [0.1, 0.15) is 12.4 Å². The standard InChI is InChI=1S/C8H6O3S/c9-8(10)5-3-7-6(11-4-5)1-2-12-7/h1-3H,4H2,(H,9,10). The SMILES string of the molecule is O=C(O)C1=Cc2sccc2OC1. The molecule has 0 fully saturated rings. The maximum atomic E-state index is 10.5. The quantitative estimate of drug-likeness (QED) is 0.717. The molecule has 0 saturated heterocycles. The van der Waals surface area contributed by atoms with Crippen molar-refractivity contribution in [3.05, 3.63) is 21.9 Å². The van der Waals surface area contributed by atoms with Crippen LogP contribution in [0.25, 0.3) is 6.08 Å². The fourth-order valence-electron chi connectivity index (χ4n) is 1.01. The van der Waals surface area contributed by atoms with Crippen LogP contribution in [0, 0.1) is 0 Å². The van der Waals surface area contributed by atoms with E-state index in [0.29, 0.717) is 5.57 Å². The molecule has 0 saturated carbocycles. The number of carboxylic acids is 1. The molecule has 2 heterocycles. The first kappa shape index (κ1) is 7.36. The number of carboxylic acid groups (broad SMARTS) is 1. The van der Waals surface area contributed by atoms with Crippen molar-refractivity contribution in [1.82, 2.24) is 0 Å². The predicted octanol–water partition coefficient (Wildman–Crippen LogP) is 1.61. The van der Waals surface area contributed by atoms with Gasteiger partial charge >= 0.3 is 5.97 Å². The molecule has 0 radical (unpaired) electrons. The van der Waals surface area contributed by atoms with Crippen molar-refractivity contribution in [3.63, 3.8) is 0 Å². The van der Waals surface area contributed by atoms with Gasteiger partial charge in [-0.1, -0.05) is 0 Å². The van der Waals surface area contributed by atoms with Crippen molar-refractivity contribution < 1.29 is 14.6 Å². The smallest absolute Gasteiger partial charge is 0.335 e. The molecule has 0 bridgehead atoms. The summed E-state index contributed by atoms with van der Waals surface area (Å²) in [5.41, 5.74) is 0.310. The van der Waals surface area contributed by atoms with Gasteiger partial charge in [-0.2, -0.15) is 0 Å². The molecule has 1 aromatic rings. The maximum Gasteiger partial charge on any atom is 0.335 e. The van der Waals surface area contributed by atoms with E-state index in [1.165, 1.54) is 11.3 Å². The van der Waals surface area contributed by atoms with Crippen molar-refractivity contribution in [3.8, 4) is 5.75 Å². The molecule has 1 aliphatic heterocycles. The number of carbonyl (C=O) groups is 1. The highest BCUT2D eigenvalue weighted by molar-refractivity contribution is 7.11. The second-order valence-corrected chi connectivity index (χ2v) is 3.36. The third-order valence-electron chi connectivity index (χ3n) is 1.62. The summed E-state index contributed by atoms with van der Waals surface area (Å²) >= 11 is 1.48. The van der Waals surface area contributed by atoms with Crippen LogP contribution in [0.5, 0.6) is 5.75 Å². The number of thiophene rings is 1. The Morgan fingerprint density at radius 2 is 2.50 bits per heavy atom. The molecule has 1 aliphatic rings. The van der Waals surface area contributed by atoms with Gasteiger partial charge < -0.3 is 9.84 Å². The van der Waals surface area contributed by atoms with Gasteiger partial charge in [-0.15, -0.1) is 11.3 Å². The van der Waals surface area contributed by atoms with Crippen molar-refractivity contribution in [2.24, 2.45) is 0 Å². The van der Waals surface area contributed by atoms with Gasteiger partial charge in [0.15, 0.2) is 0 Å². The zero-order valence-corrected chi connectivity index (χ0v) is 6.93. The molecule has 0 aromatic carbocycles. The summed E-state index contributed by atoms with van der Waals surface area (Å²) in [6.45, 7) is 0.166. The predicted molar refractivity (Wildman–Crippen MR) is 45.4 cm³/mol.